The third kappa shape index (κ3) is 3.93. The lowest BCUT2D eigenvalue weighted by Gasteiger charge is -2.15. The molecule has 0 amide bonds. The van der Waals surface area contributed by atoms with Crippen LogP contribution >= 0.6 is 0 Å². The zero-order chi connectivity index (χ0) is 11.5. The zero-order valence-electron chi connectivity index (χ0n) is 9.48. The highest BCUT2D eigenvalue weighted by Gasteiger charge is 2.10. The van der Waals surface area contributed by atoms with E-state index in [4.69, 9.17) is 10.6 Å². The Balaban J connectivity index is 2.76. The maximum atomic E-state index is 5.43. The number of nitrogens with two attached hydrogens (primary N) is 1. The molecular formula is C10H16N4O. The predicted molar refractivity (Wildman–Crippen MR) is 59.5 cm³/mol. The van der Waals surface area contributed by atoms with E-state index in [1.165, 1.54) is 6.20 Å². The highest BCUT2D eigenvalue weighted by Crippen LogP contribution is 2.08. The van der Waals surface area contributed by atoms with Crippen molar-refractivity contribution in [2.75, 3.05) is 5.73 Å². The summed E-state index contributed by atoms with van der Waals surface area (Å²) in [6, 6.07) is 0. The second kappa shape index (κ2) is 4.25. The van der Waals surface area contributed by atoms with Crippen molar-refractivity contribution < 1.29 is 4.84 Å². The molecule has 0 aromatic carbocycles. The number of hydrogen-bond acceptors (Lipinski definition) is 5. The quantitative estimate of drug-likeness (QED) is 0.591. The van der Waals surface area contributed by atoms with E-state index in [-0.39, 0.29) is 5.60 Å². The van der Waals surface area contributed by atoms with E-state index < -0.39 is 0 Å². The lowest BCUT2D eigenvalue weighted by Crippen LogP contribution is -2.17. The van der Waals surface area contributed by atoms with Gasteiger partial charge in [0.1, 0.15) is 22.8 Å². The molecule has 0 spiro atoms. The van der Waals surface area contributed by atoms with E-state index >= 15 is 0 Å². The largest absolute Gasteiger partial charge is 0.390 e. The van der Waals surface area contributed by atoms with Gasteiger partial charge in [0.05, 0.1) is 12.4 Å². The first-order valence-corrected chi connectivity index (χ1v) is 4.69. The van der Waals surface area contributed by atoms with E-state index in [9.17, 15) is 0 Å². The molecule has 5 heteroatoms. The maximum absolute atomic E-state index is 5.43. The minimum absolute atomic E-state index is 0.303. The Morgan fingerprint density at radius 3 is 2.47 bits per heavy atom. The Labute approximate surface area is 89.4 Å². The van der Waals surface area contributed by atoms with Gasteiger partial charge in [-0.1, -0.05) is 5.16 Å². The zero-order valence-corrected chi connectivity index (χ0v) is 9.48. The van der Waals surface area contributed by atoms with Gasteiger partial charge in [-0.15, -0.1) is 0 Å². The number of rotatable bonds is 2. The summed E-state index contributed by atoms with van der Waals surface area (Å²) in [5.41, 5.74) is 6.46. The molecular weight excluding hydrogens is 192 g/mol. The molecule has 5 nitrogen and oxygen atoms in total. The highest BCUT2D eigenvalue weighted by atomic mass is 16.6. The van der Waals surface area contributed by atoms with Crippen molar-refractivity contribution in [2.24, 2.45) is 5.16 Å². The van der Waals surface area contributed by atoms with Gasteiger partial charge in [-0.2, -0.15) is 0 Å². The number of nitrogen functional groups attached to an aromatic ring is 1. The van der Waals surface area contributed by atoms with E-state index in [1.54, 1.807) is 6.20 Å². The molecule has 0 aliphatic heterocycles. The van der Waals surface area contributed by atoms with Gasteiger partial charge in [0, 0.05) is 0 Å². The molecule has 0 unspecified atom stereocenters. The number of oxime groups is 1. The molecule has 0 fully saturated rings. The smallest absolute Gasteiger partial charge is 0.141 e. The molecule has 1 aromatic rings. The average molecular weight is 208 g/mol. The highest BCUT2D eigenvalue weighted by molar-refractivity contribution is 5.96. The first-order chi connectivity index (χ1) is 6.88. The first kappa shape index (κ1) is 11.4. The summed E-state index contributed by atoms with van der Waals surface area (Å²) in [7, 11) is 0. The summed E-state index contributed by atoms with van der Waals surface area (Å²) in [5.74, 6) is 0.392. The molecule has 0 atom stereocenters. The van der Waals surface area contributed by atoms with Crippen molar-refractivity contribution >= 4 is 11.5 Å². The van der Waals surface area contributed by atoms with Crippen molar-refractivity contribution in [3.8, 4) is 0 Å². The van der Waals surface area contributed by atoms with Crippen LogP contribution in [0, 0.1) is 0 Å². The average Bonchev–Trinajstić information content (AvgIpc) is 2.14. The number of hydrogen-bond donors (Lipinski definition) is 1. The monoisotopic (exact) mass is 208 g/mol. The molecule has 0 saturated heterocycles. The minimum atomic E-state index is -0.303. The normalized spacial score (nSPS) is 12.7. The van der Waals surface area contributed by atoms with Gasteiger partial charge in [0.2, 0.25) is 0 Å². The Morgan fingerprint density at radius 2 is 2.00 bits per heavy atom. The van der Waals surface area contributed by atoms with Crippen LogP contribution in [0.4, 0.5) is 5.82 Å². The second-order valence-corrected chi connectivity index (χ2v) is 4.21. The van der Waals surface area contributed by atoms with Gasteiger partial charge in [0.15, 0.2) is 0 Å². The molecule has 1 rings (SSSR count). The fourth-order valence-electron chi connectivity index (χ4n) is 0.777. The van der Waals surface area contributed by atoms with Crippen LogP contribution in [0.3, 0.4) is 0 Å². The molecule has 1 heterocycles. The molecule has 0 aliphatic carbocycles. The Morgan fingerprint density at radius 1 is 1.33 bits per heavy atom. The third-order valence-electron chi connectivity index (χ3n) is 1.50. The second-order valence-electron chi connectivity index (χ2n) is 4.21. The molecule has 0 radical (unpaired) electrons. The number of anilines is 1. The standard InChI is InChI=1S/C10H16N4O/c1-7(14-15-10(2,3)4)8-5-13-9(11)6-12-8/h5-6H,1-4H3,(H2,11,13). The van der Waals surface area contributed by atoms with E-state index in [0.717, 1.165) is 0 Å². The van der Waals surface area contributed by atoms with E-state index in [0.29, 0.717) is 17.2 Å². The van der Waals surface area contributed by atoms with Gasteiger partial charge in [-0.05, 0) is 27.7 Å². The van der Waals surface area contributed by atoms with Crippen LogP contribution in [0.1, 0.15) is 33.4 Å². The maximum Gasteiger partial charge on any atom is 0.141 e. The van der Waals surface area contributed by atoms with E-state index in [1.807, 2.05) is 27.7 Å². The molecule has 0 bridgehead atoms. The SMILES string of the molecule is CC(=NOC(C)(C)C)c1cnc(N)cn1. The molecule has 82 valence electrons. The van der Waals surface area contributed by atoms with Gasteiger partial charge in [-0.3, -0.25) is 0 Å². The van der Waals surface area contributed by atoms with Crippen LogP contribution in [0.25, 0.3) is 0 Å². The number of aromatic nitrogens is 2. The van der Waals surface area contributed by atoms with Gasteiger partial charge < -0.3 is 10.6 Å². The van der Waals surface area contributed by atoms with Crippen molar-refractivity contribution in [1.29, 1.82) is 0 Å². The van der Waals surface area contributed by atoms with Gasteiger partial charge >= 0.3 is 0 Å². The lowest BCUT2D eigenvalue weighted by molar-refractivity contribution is 0.000916. The van der Waals surface area contributed by atoms with Crippen LogP contribution in [-0.2, 0) is 4.84 Å². The molecule has 2 N–H and O–H groups in total. The van der Waals surface area contributed by atoms with Crippen LogP contribution in [0.15, 0.2) is 17.5 Å². The fraction of sp³-hybridized carbons (Fsp3) is 0.500. The molecule has 1 aromatic heterocycles. The Bertz CT molecular complexity index is 351. The summed E-state index contributed by atoms with van der Waals surface area (Å²) in [6.07, 6.45) is 3.06. The Hall–Kier alpha value is -1.65. The lowest BCUT2D eigenvalue weighted by atomic mass is 10.2. The predicted octanol–water partition coefficient (Wildman–Crippen LogP) is 1.60. The van der Waals surface area contributed by atoms with Gasteiger partial charge in [0.25, 0.3) is 0 Å². The third-order valence-corrected chi connectivity index (χ3v) is 1.50. The van der Waals surface area contributed by atoms with Crippen LogP contribution in [0.5, 0.6) is 0 Å². The molecule has 15 heavy (non-hydrogen) atoms. The summed E-state index contributed by atoms with van der Waals surface area (Å²) in [5, 5.41) is 3.97. The van der Waals surface area contributed by atoms with Gasteiger partial charge in [-0.25, -0.2) is 9.97 Å². The van der Waals surface area contributed by atoms with Crippen molar-refractivity contribution in [2.45, 2.75) is 33.3 Å². The topological polar surface area (TPSA) is 73.4 Å². The molecule has 0 saturated carbocycles. The van der Waals surface area contributed by atoms with Crippen LogP contribution in [-0.4, -0.2) is 21.3 Å². The van der Waals surface area contributed by atoms with E-state index in [2.05, 4.69) is 15.1 Å². The van der Waals surface area contributed by atoms with Crippen molar-refractivity contribution in [3.05, 3.63) is 18.1 Å². The van der Waals surface area contributed by atoms with Crippen molar-refractivity contribution in [3.63, 3.8) is 0 Å². The number of nitrogens with zero attached hydrogens (tertiary/aromatic N) is 3. The first-order valence-electron chi connectivity index (χ1n) is 4.69. The van der Waals surface area contributed by atoms with Crippen LogP contribution in [0.2, 0.25) is 0 Å². The summed E-state index contributed by atoms with van der Waals surface area (Å²) in [4.78, 5) is 13.3. The Kier molecular flexibility index (Phi) is 3.24. The van der Waals surface area contributed by atoms with Crippen molar-refractivity contribution in [1.82, 2.24) is 9.97 Å². The minimum Gasteiger partial charge on any atom is -0.390 e. The fourth-order valence-corrected chi connectivity index (χ4v) is 0.777. The molecule has 0 aliphatic rings. The summed E-state index contributed by atoms with van der Waals surface area (Å²) >= 11 is 0. The summed E-state index contributed by atoms with van der Waals surface area (Å²) in [6.45, 7) is 7.60. The van der Waals surface area contributed by atoms with Crippen LogP contribution < -0.4 is 5.73 Å². The summed E-state index contributed by atoms with van der Waals surface area (Å²) < 4.78 is 0.